The molecule has 0 amide bonds. The molecule has 4 nitrogen and oxygen atoms in total. The van der Waals surface area contributed by atoms with Crippen molar-refractivity contribution in [2.75, 3.05) is 40.9 Å². The number of nitrogens with zero attached hydrogens (tertiary/aromatic N) is 1. The van der Waals surface area contributed by atoms with Crippen LogP contribution in [0.25, 0.3) is 0 Å². The van der Waals surface area contributed by atoms with Gasteiger partial charge in [0.25, 0.3) is 0 Å². The zero-order valence-electron chi connectivity index (χ0n) is 15.7. The number of halogens is 1. The van der Waals surface area contributed by atoms with Crippen LogP contribution >= 0.6 is 22.6 Å². The fourth-order valence-corrected chi connectivity index (χ4v) is 4.08. The molecule has 2 aromatic rings. The summed E-state index contributed by atoms with van der Waals surface area (Å²) in [6.07, 6.45) is 2.00. The third-order valence-corrected chi connectivity index (χ3v) is 5.69. The number of hydrogen-bond acceptors (Lipinski definition) is 4. The lowest BCUT2D eigenvalue weighted by Gasteiger charge is -2.29. The first-order valence-corrected chi connectivity index (χ1v) is 10.1. The van der Waals surface area contributed by atoms with Crippen molar-refractivity contribution in [2.24, 2.45) is 0 Å². The number of benzene rings is 2. The van der Waals surface area contributed by atoms with E-state index < -0.39 is 0 Å². The van der Waals surface area contributed by atoms with Crippen molar-refractivity contribution in [3.63, 3.8) is 0 Å². The standard InChI is InChI=1S/C21H27IN2O2/c1-24(2)11-6-12-26-20-14-17-15(13-19(20)25-3)9-10-23-21(17)16-7-4-5-8-18(16)22/h4-5,7-8,13-14,21,23H,6,9-12H2,1-3H3. The molecule has 26 heavy (non-hydrogen) atoms. The molecule has 1 atom stereocenters. The van der Waals surface area contributed by atoms with Gasteiger partial charge in [0.2, 0.25) is 0 Å². The summed E-state index contributed by atoms with van der Waals surface area (Å²) in [4.78, 5) is 2.17. The maximum absolute atomic E-state index is 6.08. The first-order chi connectivity index (χ1) is 12.6. The zero-order chi connectivity index (χ0) is 18.5. The van der Waals surface area contributed by atoms with Crippen LogP contribution in [0, 0.1) is 3.57 Å². The molecule has 1 aliphatic heterocycles. The van der Waals surface area contributed by atoms with Gasteiger partial charge in [-0.05, 0) is 84.4 Å². The molecule has 0 saturated carbocycles. The zero-order valence-corrected chi connectivity index (χ0v) is 17.9. The summed E-state index contributed by atoms with van der Waals surface area (Å²) in [5.41, 5.74) is 3.95. The van der Waals surface area contributed by atoms with E-state index in [0.717, 1.165) is 37.4 Å². The van der Waals surface area contributed by atoms with Crippen LogP contribution < -0.4 is 14.8 Å². The highest BCUT2D eigenvalue weighted by Crippen LogP contribution is 2.38. The molecule has 140 valence electrons. The van der Waals surface area contributed by atoms with Gasteiger partial charge in [0.15, 0.2) is 11.5 Å². The molecule has 0 aliphatic carbocycles. The van der Waals surface area contributed by atoms with Crippen LogP contribution in [-0.4, -0.2) is 45.8 Å². The number of methoxy groups -OCH3 is 1. The van der Waals surface area contributed by atoms with Crippen molar-refractivity contribution in [2.45, 2.75) is 18.9 Å². The molecule has 0 saturated heterocycles. The Morgan fingerprint density at radius 1 is 1.15 bits per heavy atom. The van der Waals surface area contributed by atoms with Crippen molar-refractivity contribution in [3.8, 4) is 11.5 Å². The van der Waals surface area contributed by atoms with Crippen LogP contribution in [0.5, 0.6) is 11.5 Å². The number of nitrogens with one attached hydrogen (secondary N) is 1. The van der Waals surface area contributed by atoms with Crippen LogP contribution in [0.3, 0.4) is 0 Å². The Balaban J connectivity index is 1.88. The minimum atomic E-state index is 0.196. The highest BCUT2D eigenvalue weighted by atomic mass is 127. The summed E-state index contributed by atoms with van der Waals surface area (Å²) < 4.78 is 13.0. The van der Waals surface area contributed by atoms with E-state index in [-0.39, 0.29) is 6.04 Å². The summed E-state index contributed by atoms with van der Waals surface area (Å²) in [5, 5.41) is 3.67. The van der Waals surface area contributed by atoms with Gasteiger partial charge in [-0.2, -0.15) is 0 Å². The van der Waals surface area contributed by atoms with Crippen molar-refractivity contribution in [1.82, 2.24) is 10.2 Å². The minimum absolute atomic E-state index is 0.196. The highest BCUT2D eigenvalue weighted by Gasteiger charge is 2.25. The van der Waals surface area contributed by atoms with Crippen LogP contribution in [0.15, 0.2) is 36.4 Å². The summed E-state index contributed by atoms with van der Waals surface area (Å²) >= 11 is 2.42. The van der Waals surface area contributed by atoms with Gasteiger partial charge in [-0.3, -0.25) is 0 Å². The maximum Gasteiger partial charge on any atom is 0.161 e. The number of fused-ring (bicyclic) bond motifs is 1. The predicted octanol–water partition coefficient (Wildman–Crippen LogP) is 3.87. The Labute approximate surface area is 170 Å². The van der Waals surface area contributed by atoms with Crippen molar-refractivity contribution in [3.05, 3.63) is 56.7 Å². The van der Waals surface area contributed by atoms with Gasteiger partial charge in [0.1, 0.15) is 0 Å². The van der Waals surface area contributed by atoms with Gasteiger partial charge < -0.3 is 19.7 Å². The van der Waals surface area contributed by atoms with Gasteiger partial charge in [0, 0.05) is 16.7 Å². The van der Waals surface area contributed by atoms with E-state index in [1.807, 2.05) is 0 Å². The molecule has 0 aromatic heterocycles. The lowest BCUT2D eigenvalue weighted by Crippen LogP contribution is -2.31. The third-order valence-electron chi connectivity index (χ3n) is 4.70. The van der Waals surface area contributed by atoms with Crippen LogP contribution in [0.1, 0.15) is 29.2 Å². The Kier molecular flexibility index (Phi) is 6.78. The lowest BCUT2D eigenvalue weighted by molar-refractivity contribution is 0.267. The molecular formula is C21H27IN2O2. The smallest absolute Gasteiger partial charge is 0.161 e. The second-order valence-electron chi connectivity index (χ2n) is 6.87. The largest absolute Gasteiger partial charge is 0.493 e. The first kappa shape index (κ1) is 19.5. The molecular weight excluding hydrogens is 439 g/mol. The van der Waals surface area contributed by atoms with Gasteiger partial charge >= 0.3 is 0 Å². The molecule has 1 aliphatic rings. The summed E-state index contributed by atoms with van der Waals surface area (Å²) in [6.45, 7) is 2.67. The molecule has 2 aromatic carbocycles. The van der Waals surface area contributed by atoms with Gasteiger partial charge in [-0.15, -0.1) is 0 Å². The maximum atomic E-state index is 6.08. The van der Waals surface area contributed by atoms with Crippen molar-refractivity contribution >= 4 is 22.6 Å². The average molecular weight is 466 g/mol. The SMILES string of the molecule is COc1cc2c(cc1OCCCN(C)C)C(c1ccccc1I)NCC2. The number of hydrogen-bond donors (Lipinski definition) is 1. The van der Waals surface area contributed by atoms with Crippen LogP contribution in [-0.2, 0) is 6.42 Å². The van der Waals surface area contributed by atoms with Gasteiger partial charge in [0.05, 0.1) is 19.8 Å². The Morgan fingerprint density at radius 2 is 1.96 bits per heavy atom. The van der Waals surface area contributed by atoms with E-state index in [9.17, 15) is 0 Å². The normalized spacial score (nSPS) is 16.4. The molecule has 1 unspecified atom stereocenters. The third kappa shape index (κ3) is 4.50. The molecule has 0 spiro atoms. The van der Waals surface area contributed by atoms with E-state index in [0.29, 0.717) is 6.61 Å². The van der Waals surface area contributed by atoms with E-state index >= 15 is 0 Å². The average Bonchev–Trinajstić information content (AvgIpc) is 2.64. The van der Waals surface area contributed by atoms with E-state index in [4.69, 9.17) is 9.47 Å². The quantitative estimate of drug-likeness (QED) is 0.497. The fraction of sp³-hybridized carbons (Fsp3) is 0.429. The monoisotopic (exact) mass is 466 g/mol. The Hall–Kier alpha value is -1.31. The van der Waals surface area contributed by atoms with E-state index in [1.54, 1.807) is 7.11 Å². The minimum Gasteiger partial charge on any atom is -0.493 e. The van der Waals surface area contributed by atoms with Gasteiger partial charge in [-0.25, -0.2) is 0 Å². The molecule has 0 radical (unpaired) electrons. The van der Waals surface area contributed by atoms with Crippen LogP contribution in [0.4, 0.5) is 0 Å². The molecule has 5 heteroatoms. The molecule has 1 heterocycles. The van der Waals surface area contributed by atoms with Gasteiger partial charge in [-0.1, -0.05) is 18.2 Å². The highest BCUT2D eigenvalue weighted by molar-refractivity contribution is 14.1. The summed E-state index contributed by atoms with van der Waals surface area (Å²) in [6, 6.07) is 13.1. The fourth-order valence-electron chi connectivity index (χ4n) is 3.39. The lowest BCUT2D eigenvalue weighted by atomic mass is 9.89. The van der Waals surface area contributed by atoms with Crippen LogP contribution in [0.2, 0.25) is 0 Å². The molecule has 3 rings (SSSR count). The Bertz CT molecular complexity index is 749. The van der Waals surface area contributed by atoms with Crippen molar-refractivity contribution < 1.29 is 9.47 Å². The molecule has 0 bridgehead atoms. The number of rotatable bonds is 7. The summed E-state index contributed by atoms with van der Waals surface area (Å²) in [5.74, 6) is 1.67. The summed E-state index contributed by atoms with van der Waals surface area (Å²) in [7, 11) is 5.88. The predicted molar refractivity (Wildman–Crippen MR) is 114 cm³/mol. The number of ether oxygens (including phenoxy) is 2. The topological polar surface area (TPSA) is 33.7 Å². The van der Waals surface area contributed by atoms with E-state index in [2.05, 4.69) is 83.3 Å². The molecule has 0 fully saturated rings. The van der Waals surface area contributed by atoms with Crippen molar-refractivity contribution in [1.29, 1.82) is 0 Å². The first-order valence-electron chi connectivity index (χ1n) is 9.06. The second kappa shape index (κ2) is 9.06. The van der Waals surface area contributed by atoms with E-state index in [1.165, 1.54) is 20.3 Å². The Morgan fingerprint density at radius 3 is 2.69 bits per heavy atom. The molecule has 1 N–H and O–H groups in total. The second-order valence-corrected chi connectivity index (χ2v) is 8.03.